The number of carbonyl (C=O) groups excluding carboxylic acids is 1. The van der Waals surface area contributed by atoms with Crippen LogP contribution < -0.4 is 0 Å². The SMILES string of the molecule is COCCn1cccc1C(=O)N(C)C(C)CO. The highest BCUT2D eigenvalue weighted by Gasteiger charge is 2.19. The Hall–Kier alpha value is -1.33. The van der Waals surface area contributed by atoms with Crippen molar-refractivity contribution in [3.8, 4) is 0 Å². The van der Waals surface area contributed by atoms with Crippen molar-refractivity contribution in [3.63, 3.8) is 0 Å². The minimum Gasteiger partial charge on any atom is -0.394 e. The van der Waals surface area contributed by atoms with Crippen molar-refractivity contribution in [2.75, 3.05) is 27.4 Å². The zero-order chi connectivity index (χ0) is 12.8. The van der Waals surface area contributed by atoms with Gasteiger partial charge in [-0.3, -0.25) is 4.79 Å². The lowest BCUT2D eigenvalue weighted by Crippen LogP contribution is -2.38. The molecule has 1 amide bonds. The zero-order valence-electron chi connectivity index (χ0n) is 10.6. The first-order valence-corrected chi connectivity index (χ1v) is 5.64. The molecule has 1 aromatic heterocycles. The summed E-state index contributed by atoms with van der Waals surface area (Å²) in [6.45, 7) is 2.97. The lowest BCUT2D eigenvalue weighted by molar-refractivity contribution is 0.0669. The molecule has 1 aromatic rings. The fourth-order valence-electron chi connectivity index (χ4n) is 1.50. The van der Waals surface area contributed by atoms with Crippen LogP contribution in [0.1, 0.15) is 17.4 Å². The Morgan fingerprint density at radius 1 is 1.65 bits per heavy atom. The minimum atomic E-state index is -0.187. The number of rotatable bonds is 6. The number of aliphatic hydroxyl groups is 1. The normalized spacial score (nSPS) is 12.5. The molecular formula is C12H20N2O3. The second-order valence-electron chi connectivity index (χ2n) is 4.03. The number of aliphatic hydroxyl groups excluding tert-OH is 1. The quantitative estimate of drug-likeness (QED) is 0.791. The Morgan fingerprint density at radius 2 is 2.35 bits per heavy atom. The summed E-state index contributed by atoms with van der Waals surface area (Å²) in [5.41, 5.74) is 0.616. The van der Waals surface area contributed by atoms with Crippen molar-refractivity contribution >= 4 is 5.91 Å². The number of methoxy groups -OCH3 is 1. The first-order chi connectivity index (χ1) is 8.11. The molecule has 1 unspecified atom stereocenters. The summed E-state index contributed by atoms with van der Waals surface area (Å²) >= 11 is 0. The summed E-state index contributed by atoms with van der Waals surface area (Å²) in [7, 11) is 3.32. The number of hydrogen-bond donors (Lipinski definition) is 1. The average Bonchev–Trinajstić information content (AvgIpc) is 2.81. The molecule has 0 fully saturated rings. The zero-order valence-corrected chi connectivity index (χ0v) is 10.6. The van der Waals surface area contributed by atoms with E-state index in [0.717, 1.165) is 0 Å². The van der Waals surface area contributed by atoms with Gasteiger partial charge in [0.25, 0.3) is 5.91 Å². The van der Waals surface area contributed by atoms with E-state index in [1.807, 2.05) is 16.8 Å². The van der Waals surface area contributed by atoms with Gasteiger partial charge >= 0.3 is 0 Å². The van der Waals surface area contributed by atoms with Gasteiger partial charge in [-0.25, -0.2) is 0 Å². The van der Waals surface area contributed by atoms with Crippen LogP contribution in [0.15, 0.2) is 18.3 Å². The molecule has 0 spiro atoms. The minimum absolute atomic E-state index is 0.0407. The van der Waals surface area contributed by atoms with E-state index in [9.17, 15) is 4.79 Å². The predicted octanol–water partition coefficient (Wildman–Crippen LogP) is 0.587. The maximum Gasteiger partial charge on any atom is 0.270 e. The predicted molar refractivity (Wildman–Crippen MR) is 64.9 cm³/mol. The maximum atomic E-state index is 12.1. The Morgan fingerprint density at radius 3 is 2.94 bits per heavy atom. The van der Waals surface area contributed by atoms with Crippen LogP contribution >= 0.6 is 0 Å². The van der Waals surface area contributed by atoms with Gasteiger partial charge in [-0.15, -0.1) is 0 Å². The maximum absolute atomic E-state index is 12.1. The highest BCUT2D eigenvalue weighted by Crippen LogP contribution is 2.08. The van der Waals surface area contributed by atoms with Gasteiger partial charge in [-0.1, -0.05) is 0 Å². The van der Waals surface area contributed by atoms with Gasteiger partial charge in [-0.2, -0.15) is 0 Å². The average molecular weight is 240 g/mol. The summed E-state index contributed by atoms with van der Waals surface area (Å²) in [5.74, 6) is -0.0901. The second-order valence-corrected chi connectivity index (χ2v) is 4.03. The van der Waals surface area contributed by atoms with Gasteiger partial charge in [0, 0.05) is 26.9 Å². The van der Waals surface area contributed by atoms with E-state index < -0.39 is 0 Å². The fraction of sp³-hybridized carbons (Fsp3) is 0.583. The number of likely N-dealkylation sites (N-methyl/N-ethyl adjacent to an activating group) is 1. The number of ether oxygens (including phenoxy) is 1. The van der Waals surface area contributed by atoms with Gasteiger partial charge < -0.3 is 19.3 Å². The molecule has 1 N–H and O–H groups in total. The molecule has 0 aromatic carbocycles. The van der Waals surface area contributed by atoms with Crippen LogP contribution in [0.25, 0.3) is 0 Å². The smallest absolute Gasteiger partial charge is 0.270 e. The van der Waals surface area contributed by atoms with Gasteiger partial charge in [0.05, 0.1) is 19.3 Å². The van der Waals surface area contributed by atoms with E-state index in [2.05, 4.69) is 0 Å². The summed E-state index contributed by atoms with van der Waals surface area (Å²) in [5, 5.41) is 9.04. The van der Waals surface area contributed by atoms with E-state index >= 15 is 0 Å². The Balaban J connectivity index is 2.78. The highest BCUT2D eigenvalue weighted by atomic mass is 16.5. The van der Waals surface area contributed by atoms with Crippen molar-refractivity contribution in [1.82, 2.24) is 9.47 Å². The molecule has 0 saturated heterocycles. The Kier molecular flexibility index (Phi) is 5.18. The molecule has 17 heavy (non-hydrogen) atoms. The number of nitrogens with zero attached hydrogens (tertiary/aromatic N) is 2. The van der Waals surface area contributed by atoms with Gasteiger partial charge in [0.15, 0.2) is 0 Å². The van der Waals surface area contributed by atoms with E-state index in [1.54, 1.807) is 32.0 Å². The second kappa shape index (κ2) is 6.42. The summed E-state index contributed by atoms with van der Waals surface area (Å²) < 4.78 is 6.85. The summed E-state index contributed by atoms with van der Waals surface area (Å²) in [6, 6.07) is 3.42. The van der Waals surface area contributed by atoms with E-state index in [-0.39, 0.29) is 18.6 Å². The number of carbonyl (C=O) groups is 1. The molecule has 0 aliphatic heterocycles. The molecule has 0 saturated carbocycles. The Labute approximate surface area is 102 Å². The van der Waals surface area contributed by atoms with Crippen LogP contribution in [0.4, 0.5) is 0 Å². The monoisotopic (exact) mass is 240 g/mol. The molecule has 1 rings (SSSR count). The topological polar surface area (TPSA) is 54.7 Å². The molecule has 96 valence electrons. The third kappa shape index (κ3) is 3.31. The number of amides is 1. The highest BCUT2D eigenvalue weighted by molar-refractivity contribution is 5.92. The first-order valence-electron chi connectivity index (χ1n) is 5.64. The van der Waals surface area contributed by atoms with E-state index in [0.29, 0.717) is 18.8 Å². The van der Waals surface area contributed by atoms with Crippen LogP contribution in [-0.4, -0.2) is 53.9 Å². The Bertz CT molecular complexity index is 362. The lowest BCUT2D eigenvalue weighted by atomic mass is 10.3. The molecule has 0 aliphatic rings. The van der Waals surface area contributed by atoms with Crippen LogP contribution in [0.3, 0.4) is 0 Å². The van der Waals surface area contributed by atoms with Crippen molar-refractivity contribution in [2.45, 2.75) is 19.5 Å². The van der Waals surface area contributed by atoms with Gasteiger partial charge in [0.2, 0.25) is 0 Å². The molecule has 0 bridgehead atoms. The molecule has 5 nitrogen and oxygen atoms in total. The van der Waals surface area contributed by atoms with Crippen LogP contribution in [0.5, 0.6) is 0 Å². The van der Waals surface area contributed by atoms with E-state index in [1.165, 1.54) is 0 Å². The van der Waals surface area contributed by atoms with Crippen molar-refractivity contribution < 1.29 is 14.6 Å². The molecule has 0 aliphatic carbocycles. The van der Waals surface area contributed by atoms with Gasteiger partial charge in [-0.05, 0) is 19.1 Å². The molecule has 5 heteroatoms. The molecule has 1 heterocycles. The van der Waals surface area contributed by atoms with Crippen molar-refractivity contribution in [2.24, 2.45) is 0 Å². The number of hydrogen-bond acceptors (Lipinski definition) is 3. The van der Waals surface area contributed by atoms with Crippen LogP contribution in [0.2, 0.25) is 0 Å². The van der Waals surface area contributed by atoms with Crippen molar-refractivity contribution in [1.29, 1.82) is 0 Å². The molecular weight excluding hydrogens is 220 g/mol. The first kappa shape index (κ1) is 13.7. The lowest BCUT2D eigenvalue weighted by Gasteiger charge is -2.23. The standard InChI is InChI=1S/C12H20N2O3/c1-10(9-15)13(2)12(16)11-5-4-6-14(11)7-8-17-3/h4-6,10,15H,7-9H2,1-3H3. The fourth-order valence-corrected chi connectivity index (χ4v) is 1.50. The molecule has 1 atom stereocenters. The summed E-state index contributed by atoms with van der Waals surface area (Å²) in [6.07, 6.45) is 1.85. The van der Waals surface area contributed by atoms with Gasteiger partial charge in [0.1, 0.15) is 5.69 Å². The summed E-state index contributed by atoms with van der Waals surface area (Å²) in [4.78, 5) is 13.7. The number of aromatic nitrogens is 1. The van der Waals surface area contributed by atoms with Crippen LogP contribution in [0, 0.1) is 0 Å². The largest absolute Gasteiger partial charge is 0.394 e. The third-order valence-corrected chi connectivity index (χ3v) is 2.83. The van der Waals surface area contributed by atoms with Crippen LogP contribution in [-0.2, 0) is 11.3 Å². The third-order valence-electron chi connectivity index (χ3n) is 2.83. The van der Waals surface area contributed by atoms with E-state index in [4.69, 9.17) is 9.84 Å². The molecule has 0 radical (unpaired) electrons. The van der Waals surface area contributed by atoms with Crippen molar-refractivity contribution in [3.05, 3.63) is 24.0 Å².